The SMILES string of the molecule is CCNC(=O)N1CCC(NC(=O)CCCNC)C1.Cl. The summed E-state index contributed by atoms with van der Waals surface area (Å²) in [6.45, 7) is 4.71. The molecule has 1 unspecified atom stereocenters. The van der Waals surface area contributed by atoms with Crippen LogP contribution in [0.15, 0.2) is 0 Å². The molecule has 1 saturated heterocycles. The molecule has 0 radical (unpaired) electrons. The molecule has 19 heavy (non-hydrogen) atoms. The molecule has 3 amide bonds. The van der Waals surface area contributed by atoms with Gasteiger partial charge in [0.1, 0.15) is 0 Å². The Bertz CT molecular complexity index is 289. The highest BCUT2D eigenvalue weighted by atomic mass is 35.5. The minimum absolute atomic E-state index is 0. The number of amides is 3. The third-order valence-electron chi connectivity index (χ3n) is 3.00. The molecule has 0 aromatic carbocycles. The van der Waals surface area contributed by atoms with Crippen LogP contribution in [0.1, 0.15) is 26.2 Å². The summed E-state index contributed by atoms with van der Waals surface area (Å²) >= 11 is 0. The minimum atomic E-state index is -0.0376. The van der Waals surface area contributed by atoms with Gasteiger partial charge in [0.2, 0.25) is 5.91 Å². The molecule has 6 nitrogen and oxygen atoms in total. The number of carbonyl (C=O) groups is 2. The molecule has 7 heteroatoms. The molecule has 3 N–H and O–H groups in total. The first kappa shape index (κ1) is 18.0. The van der Waals surface area contributed by atoms with Gasteiger partial charge in [-0.3, -0.25) is 4.79 Å². The zero-order chi connectivity index (χ0) is 13.4. The van der Waals surface area contributed by atoms with Crippen LogP contribution in [0, 0.1) is 0 Å². The van der Waals surface area contributed by atoms with Crippen LogP contribution >= 0.6 is 12.4 Å². The molecule has 0 bridgehead atoms. The fraction of sp³-hybridized carbons (Fsp3) is 0.833. The standard InChI is InChI=1S/C12H24N4O2.ClH/c1-3-14-12(18)16-8-6-10(9-16)15-11(17)5-4-7-13-2;/h10,13H,3-9H2,1-2H3,(H,14,18)(H,15,17);1H. The first-order valence-electron chi connectivity index (χ1n) is 6.64. The third kappa shape index (κ3) is 6.63. The van der Waals surface area contributed by atoms with Crippen LogP contribution in [0.2, 0.25) is 0 Å². The maximum Gasteiger partial charge on any atom is 0.317 e. The first-order valence-corrected chi connectivity index (χ1v) is 6.64. The molecule has 0 aromatic rings. The van der Waals surface area contributed by atoms with Gasteiger partial charge in [-0.15, -0.1) is 12.4 Å². The van der Waals surface area contributed by atoms with Gasteiger partial charge < -0.3 is 20.9 Å². The van der Waals surface area contributed by atoms with E-state index >= 15 is 0 Å². The van der Waals surface area contributed by atoms with Crippen molar-refractivity contribution < 1.29 is 9.59 Å². The van der Waals surface area contributed by atoms with Crippen molar-refractivity contribution in [1.82, 2.24) is 20.9 Å². The molecule has 1 aliphatic heterocycles. The van der Waals surface area contributed by atoms with Crippen LogP contribution in [0.5, 0.6) is 0 Å². The molecule has 1 rings (SSSR count). The Morgan fingerprint density at radius 1 is 1.37 bits per heavy atom. The Balaban J connectivity index is 0.00000324. The second-order valence-electron chi connectivity index (χ2n) is 4.54. The average Bonchev–Trinajstić information content (AvgIpc) is 2.78. The smallest absolute Gasteiger partial charge is 0.317 e. The number of carbonyl (C=O) groups excluding carboxylic acids is 2. The monoisotopic (exact) mass is 292 g/mol. The maximum absolute atomic E-state index is 11.6. The molecule has 0 aromatic heterocycles. The van der Waals surface area contributed by atoms with Gasteiger partial charge in [-0.05, 0) is 33.4 Å². The van der Waals surface area contributed by atoms with Crippen LogP contribution < -0.4 is 16.0 Å². The van der Waals surface area contributed by atoms with E-state index in [2.05, 4.69) is 16.0 Å². The predicted molar refractivity (Wildman–Crippen MR) is 77.6 cm³/mol. The minimum Gasteiger partial charge on any atom is -0.352 e. The van der Waals surface area contributed by atoms with Crippen LogP contribution in [-0.4, -0.2) is 56.1 Å². The van der Waals surface area contributed by atoms with Gasteiger partial charge in [0.25, 0.3) is 0 Å². The van der Waals surface area contributed by atoms with Crippen molar-refractivity contribution in [2.45, 2.75) is 32.2 Å². The van der Waals surface area contributed by atoms with Crippen molar-refractivity contribution in [1.29, 1.82) is 0 Å². The second-order valence-corrected chi connectivity index (χ2v) is 4.54. The molecular formula is C12H25ClN4O2. The Morgan fingerprint density at radius 3 is 2.74 bits per heavy atom. The topological polar surface area (TPSA) is 73.5 Å². The van der Waals surface area contributed by atoms with Gasteiger partial charge in [-0.25, -0.2) is 4.79 Å². The summed E-state index contributed by atoms with van der Waals surface area (Å²) in [7, 11) is 1.87. The average molecular weight is 293 g/mol. The van der Waals surface area contributed by atoms with E-state index in [0.717, 1.165) is 19.4 Å². The molecule has 1 aliphatic rings. The zero-order valence-electron chi connectivity index (χ0n) is 11.7. The van der Waals surface area contributed by atoms with Crippen LogP contribution in [0.3, 0.4) is 0 Å². The van der Waals surface area contributed by atoms with Gasteiger partial charge in [-0.1, -0.05) is 0 Å². The fourth-order valence-corrected chi connectivity index (χ4v) is 2.05. The third-order valence-corrected chi connectivity index (χ3v) is 3.00. The number of urea groups is 1. The predicted octanol–water partition coefficient (Wildman–Crippen LogP) is 0.328. The molecule has 1 heterocycles. The second kappa shape index (κ2) is 9.86. The van der Waals surface area contributed by atoms with E-state index < -0.39 is 0 Å². The number of nitrogens with zero attached hydrogens (tertiary/aromatic N) is 1. The highest BCUT2D eigenvalue weighted by Crippen LogP contribution is 2.09. The summed E-state index contributed by atoms with van der Waals surface area (Å²) in [5, 5.41) is 8.76. The van der Waals surface area contributed by atoms with Crippen LogP contribution in [0.4, 0.5) is 4.79 Å². The Hall–Kier alpha value is -1.01. The van der Waals surface area contributed by atoms with Crippen molar-refractivity contribution in [3.8, 4) is 0 Å². The van der Waals surface area contributed by atoms with E-state index in [1.807, 2.05) is 14.0 Å². The van der Waals surface area contributed by atoms with Gasteiger partial charge >= 0.3 is 6.03 Å². The molecule has 0 spiro atoms. The Morgan fingerprint density at radius 2 is 2.11 bits per heavy atom. The van der Waals surface area contributed by atoms with E-state index in [9.17, 15) is 9.59 Å². The lowest BCUT2D eigenvalue weighted by molar-refractivity contribution is -0.121. The maximum atomic E-state index is 11.6. The summed E-state index contributed by atoms with van der Waals surface area (Å²) in [5.74, 6) is 0.0769. The van der Waals surface area contributed by atoms with Crippen LogP contribution in [0.25, 0.3) is 0 Å². The van der Waals surface area contributed by atoms with Crippen molar-refractivity contribution in [2.75, 3.05) is 33.2 Å². The van der Waals surface area contributed by atoms with E-state index in [-0.39, 0.29) is 30.4 Å². The number of halogens is 1. The summed E-state index contributed by atoms with van der Waals surface area (Å²) in [6, 6.07) is 0.0686. The normalized spacial score (nSPS) is 17.8. The van der Waals surface area contributed by atoms with Gasteiger partial charge in [0, 0.05) is 32.1 Å². The lowest BCUT2D eigenvalue weighted by atomic mass is 10.2. The van der Waals surface area contributed by atoms with Gasteiger partial charge in [0.15, 0.2) is 0 Å². The lowest BCUT2D eigenvalue weighted by Crippen LogP contribution is -2.42. The highest BCUT2D eigenvalue weighted by Gasteiger charge is 2.26. The Labute approximate surface area is 121 Å². The Kier molecular flexibility index (Phi) is 9.34. The first-order chi connectivity index (χ1) is 8.67. The van der Waals surface area contributed by atoms with Gasteiger partial charge in [0.05, 0.1) is 0 Å². The van der Waals surface area contributed by atoms with E-state index in [0.29, 0.717) is 26.1 Å². The number of likely N-dealkylation sites (tertiary alicyclic amines) is 1. The fourth-order valence-electron chi connectivity index (χ4n) is 2.05. The number of rotatable bonds is 6. The number of hydrogen-bond donors (Lipinski definition) is 3. The van der Waals surface area contributed by atoms with Crippen LogP contribution in [-0.2, 0) is 4.79 Å². The van der Waals surface area contributed by atoms with Gasteiger partial charge in [-0.2, -0.15) is 0 Å². The van der Waals surface area contributed by atoms with E-state index in [1.165, 1.54) is 0 Å². The number of nitrogens with one attached hydrogen (secondary N) is 3. The molecule has 0 aliphatic carbocycles. The molecule has 112 valence electrons. The molecule has 1 atom stereocenters. The van der Waals surface area contributed by atoms with E-state index in [1.54, 1.807) is 4.90 Å². The summed E-state index contributed by atoms with van der Waals surface area (Å²) in [5.41, 5.74) is 0. The van der Waals surface area contributed by atoms with Crippen molar-refractivity contribution in [3.63, 3.8) is 0 Å². The van der Waals surface area contributed by atoms with Crippen molar-refractivity contribution in [3.05, 3.63) is 0 Å². The van der Waals surface area contributed by atoms with Crippen molar-refractivity contribution >= 4 is 24.3 Å². The lowest BCUT2D eigenvalue weighted by Gasteiger charge is -2.17. The zero-order valence-corrected chi connectivity index (χ0v) is 12.5. The number of hydrogen-bond acceptors (Lipinski definition) is 3. The molecular weight excluding hydrogens is 268 g/mol. The largest absolute Gasteiger partial charge is 0.352 e. The summed E-state index contributed by atoms with van der Waals surface area (Å²) < 4.78 is 0. The van der Waals surface area contributed by atoms with E-state index in [4.69, 9.17) is 0 Å². The van der Waals surface area contributed by atoms with Crippen molar-refractivity contribution in [2.24, 2.45) is 0 Å². The molecule has 1 fully saturated rings. The molecule has 0 saturated carbocycles. The highest BCUT2D eigenvalue weighted by molar-refractivity contribution is 5.85. The summed E-state index contributed by atoms with van der Waals surface area (Å²) in [4.78, 5) is 25.0. The summed E-state index contributed by atoms with van der Waals surface area (Å²) in [6.07, 6.45) is 2.22. The quantitative estimate of drug-likeness (QED) is 0.618.